The summed E-state index contributed by atoms with van der Waals surface area (Å²) in [6.07, 6.45) is 0. The molecule has 20 heavy (non-hydrogen) atoms. The van der Waals surface area contributed by atoms with Crippen LogP contribution in [0.15, 0.2) is 23.4 Å². The molecule has 0 aliphatic heterocycles. The highest BCUT2D eigenvalue weighted by Crippen LogP contribution is 2.23. The van der Waals surface area contributed by atoms with Crippen molar-refractivity contribution >= 4 is 11.8 Å². The molecule has 1 aromatic heterocycles. The second-order valence-corrected chi connectivity index (χ2v) is 5.11. The van der Waals surface area contributed by atoms with Gasteiger partial charge < -0.3 is 10.3 Å². The Morgan fingerprint density at radius 1 is 1.45 bits per heavy atom. The van der Waals surface area contributed by atoms with Crippen LogP contribution in [-0.2, 0) is 12.3 Å². The minimum absolute atomic E-state index is 0.346. The van der Waals surface area contributed by atoms with Crippen LogP contribution in [0.1, 0.15) is 17.0 Å². The van der Waals surface area contributed by atoms with Gasteiger partial charge in [0.05, 0.1) is 11.6 Å². The Kier molecular flexibility index (Phi) is 4.71. The number of nitrogens with two attached hydrogens (primary N) is 1. The Bertz CT molecular complexity index is 647. The Morgan fingerprint density at radius 3 is 2.95 bits per heavy atom. The summed E-state index contributed by atoms with van der Waals surface area (Å²) in [5.74, 6) is 0.932. The first-order chi connectivity index (χ1) is 9.65. The van der Waals surface area contributed by atoms with E-state index in [0.29, 0.717) is 24.4 Å². The molecule has 0 unspecified atom stereocenters. The van der Waals surface area contributed by atoms with Gasteiger partial charge in [-0.3, -0.25) is 0 Å². The average molecular weight is 291 g/mol. The molecule has 0 spiro atoms. The number of benzene rings is 1. The van der Waals surface area contributed by atoms with Gasteiger partial charge in [0.25, 0.3) is 0 Å². The number of halogens is 1. The number of nitrogens with zero attached hydrogens (tertiary/aromatic N) is 4. The van der Waals surface area contributed by atoms with Crippen LogP contribution < -0.4 is 5.73 Å². The minimum atomic E-state index is -0.405. The zero-order chi connectivity index (χ0) is 14.5. The van der Waals surface area contributed by atoms with Crippen molar-refractivity contribution in [3.05, 3.63) is 41.0 Å². The molecule has 2 rings (SSSR count). The van der Waals surface area contributed by atoms with Crippen molar-refractivity contribution in [2.24, 2.45) is 5.73 Å². The molecule has 0 aliphatic rings. The van der Waals surface area contributed by atoms with E-state index in [1.807, 2.05) is 17.6 Å². The molecule has 2 N–H and O–H groups in total. The summed E-state index contributed by atoms with van der Waals surface area (Å²) < 4.78 is 15.0. The fourth-order valence-electron chi connectivity index (χ4n) is 1.78. The fraction of sp³-hybridized carbons (Fsp3) is 0.308. The van der Waals surface area contributed by atoms with Crippen molar-refractivity contribution in [1.29, 1.82) is 5.26 Å². The van der Waals surface area contributed by atoms with Crippen molar-refractivity contribution in [3.63, 3.8) is 0 Å². The summed E-state index contributed by atoms with van der Waals surface area (Å²) in [6, 6.07) is 6.22. The van der Waals surface area contributed by atoms with E-state index in [1.165, 1.54) is 23.9 Å². The topological polar surface area (TPSA) is 80.5 Å². The molecule has 0 saturated heterocycles. The van der Waals surface area contributed by atoms with Crippen LogP contribution in [-0.4, -0.2) is 21.3 Å². The lowest BCUT2D eigenvalue weighted by molar-refractivity contribution is 0.626. The lowest BCUT2D eigenvalue weighted by Crippen LogP contribution is -2.12. The van der Waals surface area contributed by atoms with Crippen molar-refractivity contribution in [2.45, 2.75) is 24.4 Å². The third kappa shape index (κ3) is 3.15. The highest BCUT2D eigenvalue weighted by molar-refractivity contribution is 7.98. The minimum Gasteiger partial charge on any atom is -0.329 e. The molecular formula is C13H14FN5S. The number of nitriles is 1. The number of aromatic nitrogens is 3. The highest BCUT2D eigenvalue weighted by atomic mass is 32.2. The fourth-order valence-corrected chi connectivity index (χ4v) is 2.79. The van der Waals surface area contributed by atoms with Crippen LogP contribution in [0.25, 0.3) is 0 Å². The second kappa shape index (κ2) is 6.50. The number of aryl methyl sites for hydroxylation is 1. The van der Waals surface area contributed by atoms with E-state index in [-0.39, 0.29) is 0 Å². The predicted molar refractivity (Wildman–Crippen MR) is 74.5 cm³/mol. The number of thioether (sulfide) groups is 1. The molecule has 1 heterocycles. The summed E-state index contributed by atoms with van der Waals surface area (Å²) in [6.45, 7) is 3.02. The van der Waals surface area contributed by atoms with Gasteiger partial charge in [-0.2, -0.15) is 5.26 Å². The molecule has 0 bridgehead atoms. The van der Waals surface area contributed by atoms with E-state index in [0.717, 1.165) is 16.5 Å². The molecule has 0 atom stereocenters. The lowest BCUT2D eigenvalue weighted by Gasteiger charge is -2.07. The van der Waals surface area contributed by atoms with E-state index < -0.39 is 5.82 Å². The Balaban J connectivity index is 2.15. The third-order valence-electron chi connectivity index (χ3n) is 2.80. The van der Waals surface area contributed by atoms with E-state index in [4.69, 9.17) is 11.0 Å². The summed E-state index contributed by atoms with van der Waals surface area (Å²) in [5, 5.41) is 17.9. The third-order valence-corrected chi connectivity index (χ3v) is 3.82. The number of hydrogen-bond donors (Lipinski definition) is 1. The summed E-state index contributed by atoms with van der Waals surface area (Å²) >= 11 is 1.46. The molecule has 0 radical (unpaired) electrons. The first-order valence-electron chi connectivity index (χ1n) is 6.07. The first kappa shape index (κ1) is 14.5. The van der Waals surface area contributed by atoms with Gasteiger partial charge in [-0.25, -0.2) is 4.39 Å². The summed E-state index contributed by atoms with van der Waals surface area (Å²) in [7, 11) is 0. The predicted octanol–water partition coefficient (Wildman–Crippen LogP) is 1.85. The van der Waals surface area contributed by atoms with Crippen LogP contribution in [0.3, 0.4) is 0 Å². The quantitative estimate of drug-likeness (QED) is 0.850. The van der Waals surface area contributed by atoms with Gasteiger partial charge in [0.15, 0.2) is 5.16 Å². The average Bonchev–Trinajstić information content (AvgIpc) is 2.79. The maximum absolute atomic E-state index is 13.1. The van der Waals surface area contributed by atoms with E-state index in [1.54, 1.807) is 6.07 Å². The first-order valence-corrected chi connectivity index (χ1v) is 7.05. The van der Waals surface area contributed by atoms with Gasteiger partial charge >= 0.3 is 0 Å². The van der Waals surface area contributed by atoms with Gasteiger partial charge in [0, 0.05) is 18.8 Å². The van der Waals surface area contributed by atoms with Crippen LogP contribution in [0, 0.1) is 24.1 Å². The van der Waals surface area contributed by atoms with Gasteiger partial charge in [0.1, 0.15) is 11.6 Å². The monoisotopic (exact) mass is 291 g/mol. The molecule has 7 heteroatoms. The SMILES string of the molecule is Cc1nnc(SCc2ccc(F)cc2C#N)n1CCN. The molecule has 0 saturated carbocycles. The van der Waals surface area contributed by atoms with E-state index in [2.05, 4.69) is 10.2 Å². The largest absolute Gasteiger partial charge is 0.329 e. The Labute approximate surface area is 120 Å². The lowest BCUT2D eigenvalue weighted by atomic mass is 10.1. The maximum atomic E-state index is 13.1. The summed E-state index contributed by atoms with van der Waals surface area (Å²) in [4.78, 5) is 0. The van der Waals surface area contributed by atoms with Gasteiger partial charge in [0.2, 0.25) is 0 Å². The van der Waals surface area contributed by atoms with Crippen LogP contribution in [0.5, 0.6) is 0 Å². The number of rotatable bonds is 5. The van der Waals surface area contributed by atoms with Crippen molar-refractivity contribution in [1.82, 2.24) is 14.8 Å². The Morgan fingerprint density at radius 2 is 2.25 bits per heavy atom. The molecule has 104 valence electrons. The molecule has 0 fully saturated rings. The molecule has 5 nitrogen and oxygen atoms in total. The Hall–Kier alpha value is -1.91. The van der Waals surface area contributed by atoms with Crippen LogP contribution >= 0.6 is 11.8 Å². The van der Waals surface area contributed by atoms with Gasteiger partial charge in [-0.1, -0.05) is 17.8 Å². The van der Waals surface area contributed by atoms with Gasteiger partial charge in [-0.05, 0) is 24.6 Å². The highest BCUT2D eigenvalue weighted by Gasteiger charge is 2.10. The molecule has 0 aliphatic carbocycles. The zero-order valence-electron chi connectivity index (χ0n) is 11.0. The van der Waals surface area contributed by atoms with Crippen molar-refractivity contribution in [2.75, 3.05) is 6.54 Å². The number of hydrogen-bond acceptors (Lipinski definition) is 5. The molecular weight excluding hydrogens is 277 g/mol. The standard InChI is InChI=1S/C13H14FN5S/c1-9-17-18-13(19(9)5-4-15)20-8-10-2-3-12(14)6-11(10)7-16/h2-3,6H,4-5,8,15H2,1H3. The zero-order valence-corrected chi connectivity index (χ0v) is 11.8. The van der Waals surface area contributed by atoms with Gasteiger partial charge in [-0.15, -0.1) is 10.2 Å². The maximum Gasteiger partial charge on any atom is 0.191 e. The van der Waals surface area contributed by atoms with Crippen LogP contribution in [0.4, 0.5) is 4.39 Å². The second-order valence-electron chi connectivity index (χ2n) is 4.17. The van der Waals surface area contributed by atoms with Crippen molar-refractivity contribution in [3.8, 4) is 6.07 Å². The molecule has 2 aromatic rings. The van der Waals surface area contributed by atoms with E-state index >= 15 is 0 Å². The summed E-state index contributed by atoms with van der Waals surface area (Å²) in [5.41, 5.74) is 6.68. The molecule has 0 amide bonds. The van der Waals surface area contributed by atoms with Crippen LogP contribution in [0.2, 0.25) is 0 Å². The van der Waals surface area contributed by atoms with E-state index in [9.17, 15) is 4.39 Å². The smallest absolute Gasteiger partial charge is 0.191 e. The molecule has 1 aromatic carbocycles. The van der Waals surface area contributed by atoms with Crippen molar-refractivity contribution < 1.29 is 4.39 Å². The normalized spacial score (nSPS) is 10.5.